The second-order valence-electron chi connectivity index (χ2n) is 7.17. The molecule has 1 N–H and O–H groups in total. The summed E-state index contributed by atoms with van der Waals surface area (Å²) in [6, 6.07) is 0.337. The summed E-state index contributed by atoms with van der Waals surface area (Å²) in [7, 11) is 7.65. The molecule has 25 heavy (non-hydrogen) atoms. The number of carbonyl (C=O) groups excluding carboxylic acids is 1. The molecule has 1 aromatic heterocycles. The summed E-state index contributed by atoms with van der Waals surface area (Å²) < 4.78 is 7.02. The number of nitrogens with one attached hydrogen (secondary N) is 1. The first-order valence-corrected chi connectivity index (χ1v) is 9.15. The van der Waals surface area contributed by atoms with Crippen molar-refractivity contribution in [1.82, 2.24) is 24.9 Å². The molecule has 1 aliphatic rings. The van der Waals surface area contributed by atoms with Crippen LogP contribution in [-0.2, 0) is 11.8 Å². The number of piperidine rings is 1. The van der Waals surface area contributed by atoms with Crippen LogP contribution in [0.4, 0.5) is 4.79 Å². The van der Waals surface area contributed by atoms with Gasteiger partial charge in [0.25, 0.3) is 0 Å². The lowest BCUT2D eigenvalue weighted by atomic mass is 9.86. The molecule has 3 atom stereocenters. The van der Waals surface area contributed by atoms with Crippen LogP contribution in [0.5, 0.6) is 0 Å². The lowest BCUT2D eigenvalue weighted by molar-refractivity contribution is 0.0975. The van der Waals surface area contributed by atoms with E-state index in [1.54, 1.807) is 7.11 Å². The topological polar surface area (TPSA) is 62.6 Å². The van der Waals surface area contributed by atoms with E-state index >= 15 is 0 Å². The number of amides is 2. The number of methoxy groups -OCH3 is 1. The number of hydrogen-bond donors (Lipinski definition) is 1. The molecule has 0 radical (unpaired) electrons. The summed E-state index contributed by atoms with van der Waals surface area (Å²) in [5.74, 6) is 0.404. The molecule has 0 bridgehead atoms. The summed E-state index contributed by atoms with van der Waals surface area (Å²) in [5.41, 5.74) is 1.23. The highest BCUT2D eigenvalue weighted by molar-refractivity contribution is 5.74. The Morgan fingerprint density at radius 3 is 2.88 bits per heavy atom. The van der Waals surface area contributed by atoms with Crippen LogP contribution in [0.3, 0.4) is 0 Å². The number of hydrogen-bond acceptors (Lipinski definition) is 4. The molecule has 2 heterocycles. The van der Waals surface area contributed by atoms with Gasteiger partial charge in [0.05, 0.1) is 18.8 Å². The Balaban J connectivity index is 2.01. The molecule has 0 spiro atoms. The van der Waals surface area contributed by atoms with Crippen LogP contribution in [0.25, 0.3) is 0 Å². The van der Waals surface area contributed by atoms with Crippen LogP contribution >= 0.6 is 0 Å². The van der Waals surface area contributed by atoms with Gasteiger partial charge in [-0.3, -0.25) is 9.58 Å². The fourth-order valence-corrected chi connectivity index (χ4v) is 3.75. The second-order valence-corrected chi connectivity index (χ2v) is 7.17. The van der Waals surface area contributed by atoms with Crippen LogP contribution in [0.2, 0.25) is 0 Å². The van der Waals surface area contributed by atoms with E-state index in [4.69, 9.17) is 4.74 Å². The monoisotopic (exact) mass is 351 g/mol. The zero-order valence-electron chi connectivity index (χ0n) is 16.2. The van der Waals surface area contributed by atoms with Crippen molar-refractivity contribution in [3.8, 4) is 0 Å². The minimum atomic E-state index is -0.0259. The summed E-state index contributed by atoms with van der Waals surface area (Å²) in [6.45, 7) is 4.41. The Hall–Kier alpha value is -1.60. The maximum absolute atomic E-state index is 12.5. The van der Waals surface area contributed by atoms with Gasteiger partial charge in [0.1, 0.15) is 0 Å². The van der Waals surface area contributed by atoms with Gasteiger partial charge in [-0.15, -0.1) is 0 Å². The van der Waals surface area contributed by atoms with Crippen molar-refractivity contribution in [2.45, 2.75) is 38.3 Å². The van der Waals surface area contributed by atoms with Gasteiger partial charge in [-0.25, -0.2) is 4.79 Å². The molecule has 0 unspecified atom stereocenters. The number of urea groups is 1. The lowest BCUT2D eigenvalue weighted by Gasteiger charge is -2.40. The zero-order valence-corrected chi connectivity index (χ0v) is 16.2. The molecule has 2 amide bonds. The molecule has 2 rings (SSSR count). The SMILES string of the molecule is CC[C@H](COC)NC(=O)N(C)C[C@@H]1CCCN(C)[C@H]1c1cnn(C)c1. The number of nitrogens with zero attached hydrogens (tertiary/aromatic N) is 4. The van der Waals surface area contributed by atoms with Crippen molar-refractivity contribution in [2.24, 2.45) is 13.0 Å². The average Bonchev–Trinajstić information content (AvgIpc) is 3.00. The Bertz CT molecular complexity index is 547. The third-order valence-corrected chi connectivity index (χ3v) is 5.12. The summed E-state index contributed by atoms with van der Waals surface area (Å²) in [5, 5.41) is 7.39. The molecule has 0 aliphatic carbocycles. The third-order valence-electron chi connectivity index (χ3n) is 5.12. The van der Waals surface area contributed by atoms with Crippen LogP contribution in [0, 0.1) is 5.92 Å². The fraction of sp³-hybridized carbons (Fsp3) is 0.778. The predicted octanol–water partition coefficient (Wildman–Crippen LogP) is 1.87. The molecule has 0 aromatic carbocycles. The molecule has 142 valence electrons. The van der Waals surface area contributed by atoms with Crippen LogP contribution in [0.15, 0.2) is 12.4 Å². The number of ether oxygens (including phenoxy) is 1. The van der Waals surface area contributed by atoms with Gasteiger partial charge >= 0.3 is 6.03 Å². The molecule has 7 heteroatoms. The molecule has 1 aromatic rings. The highest BCUT2D eigenvalue weighted by Crippen LogP contribution is 2.35. The van der Waals surface area contributed by atoms with Crippen molar-refractivity contribution in [3.05, 3.63) is 18.0 Å². The normalized spacial score (nSPS) is 22.6. The molecule has 7 nitrogen and oxygen atoms in total. The zero-order chi connectivity index (χ0) is 18.4. The Morgan fingerprint density at radius 1 is 1.52 bits per heavy atom. The van der Waals surface area contributed by atoms with Gasteiger partial charge < -0.3 is 15.0 Å². The van der Waals surface area contributed by atoms with Crippen LogP contribution in [0.1, 0.15) is 37.8 Å². The Kier molecular flexibility index (Phi) is 7.25. The maximum atomic E-state index is 12.5. The minimum Gasteiger partial charge on any atom is -0.383 e. The largest absolute Gasteiger partial charge is 0.383 e. The van der Waals surface area contributed by atoms with Crippen molar-refractivity contribution in [3.63, 3.8) is 0 Å². The van der Waals surface area contributed by atoms with Gasteiger partial charge in [-0.2, -0.15) is 5.10 Å². The van der Waals surface area contributed by atoms with Crippen molar-refractivity contribution >= 4 is 6.03 Å². The van der Waals surface area contributed by atoms with Gasteiger partial charge in [-0.05, 0) is 38.8 Å². The first kappa shape index (κ1) is 19.7. The summed E-state index contributed by atoms with van der Waals surface area (Å²) in [4.78, 5) is 16.7. The highest BCUT2D eigenvalue weighted by Gasteiger charge is 2.33. The van der Waals surface area contributed by atoms with E-state index < -0.39 is 0 Å². The quantitative estimate of drug-likeness (QED) is 0.815. The smallest absolute Gasteiger partial charge is 0.317 e. The molecular formula is C18H33N5O2. The Morgan fingerprint density at radius 2 is 2.28 bits per heavy atom. The van der Waals surface area contributed by atoms with E-state index in [-0.39, 0.29) is 12.1 Å². The highest BCUT2D eigenvalue weighted by atomic mass is 16.5. The van der Waals surface area contributed by atoms with E-state index in [0.29, 0.717) is 18.6 Å². The van der Waals surface area contributed by atoms with E-state index in [0.717, 1.165) is 32.4 Å². The summed E-state index contributed by atoms with van der Waals surface area (Å²) >= 11 is 0. The van der Waals surface area contributed by atoms with Crippen molar-refractivity contribution in [2.75, 3.05) is 40.9 Å². The van der Waals surface area contributed by atoms with Gasteiger partial charge in [-0.1, -0.05) is 6.92 Å². The Labute approximate surface area is 151 Å². The number of aromatic nitrogens is 2. The van der Waals surface area contributed by atoms with Crippen LogP contribution < -0.4 is 5.32 Å². The summed E-state index contributed by atoms with van der Waals surface area (Å²) in [6.07, 6.45) is 7.18. The van der Waals surface area contributed by atoms with Gasteiger partial charge in [0, 0.05) is 45.6 Å². The lowest BCUT2D eigenvalue weighted by Crippen LogP contribution is -2.48. The van der Waals surface area contributed by atoms with E-state index in [1.807, 2.05) is 29.9 Å². The van der Waals surface area contributed by atoms with E-state index in [2.05, 4.69) is 35.5 Å². The fourth-order valence-electron chi connectivity index (χ4n) is 3.75. The standard InChI is InChI=1S/C18H33N5O2/c1-6-16(13-25-5)20-18(24)22(3)11-14-8-7-9-21(2)17(14)15-10-19-23(4)12-15/h10,12,14,16-17H,6-9,11,13H2,1-5H3,(H,20,24)/t14-,16+,17+/m0/s1. The molecule has 1 saturated heterocycles. The molecular weight excluding hydrogens is 318 g/mol. The first-order chi connectivity index (χ1) is 12.0. The minimum absolute atomic E-state index is 0.0259. The predicted molar refractivity (Wildman–Crippen MR) is 98.4 cm³/mol. The maximum Gasteiger partial charge on any atom is 0.317 e. The third kappa shape index (κ3) is 5.19. The molecule has 0 saturated carbocycles. The number of carbonyl (C=O) groups is 1. The average molecular weight is 351 g/mol. The van der Waals surface area contributed by atoms with E-state index in [9.17, 15) is 4.79 Å². The van der Waals surface area contributed by atoms with E-state index in [1.165, 1.54) is 5.56 Å². The van der Waals surface area contributed by atoms with Gasteiger partial charge in [0.15, 0.2) is 0 Å². The second kappa shape index (κ2) is 9.20. The first-order valence-electron chi connectivity index (χ1n) is 9.15. The van der Waals surface area contributed by atoms with Crippen molar-refractivity contribution < 1.29 is 9.53 Å². The molecule has 1 aliphatic heterocycles. The number of aryl methyl sites for hydroxylation is 1. The van der Waals surface area contributed by atoms with Gasteiger partial charge in [0.2, 0.25) is 0 Å². The number of likely N-dealkylation sites (tertiary alicyclic amines) is 1. The van der Waals surface area contributed by atoms with Crippen LogP contribution in [-0.4, -0.2) is 72.6 Å². The van der Waals surface area contributed by atoms with Crippen molar-refractivity contribution in [1.29, 1.82) is 0 Å². The number of rotatable bonds is 7. The molecule has 1 fully saturated rings.